The van der Waals surface area contributed by atoms with Gasteiger partial charge in [0.05, 0.1) is 0 Å². The molecule has 2 aromatic rings. The van der Waals surface area contributed by atoms with Crippen LogP contribution in [0.5, 0.6) is 5.75 Å². The molecular formula is C17H20O2S. The Kier molecular flexibility index (Phi) is 3.97. The predicted octanol–water partition coefficient (Wildman–Crippen LogP) is 4.31. The van der Waals surface area contributed by atoms with E-state index in [2.05, 4.69) is 24.3 Å². The molecule has 1 saturated heterocycles. The molecule has 1 aliphatic rings. The Morgan fingerprint density at radius 3 is 2.40 bits per heavy atom. The number of fused-ring (bicyclic) bond motifs is 1. The highest BCUT2D eigenvalue weighted by molar-refractivity contribution is 8.17. The second-order valence-electron chi connectivity index (χ2n) is 5.27. The minimum absolute atomic E-state index is 0.0398. The minimum Gasteiger partial charge on any atom is -0.426 e. The number of carbonyl (C=O) groups is 1. The van der Waals surface area contributed by atoms with E-state index in [9.17, 15) is 4.79 Å². The smallest absolute Gasteiger partial charge is 0.308 e. The number of hydrogen-bond acceptors (Lipinski definition) is 2. The fourth-order valence-corrected chi connectivity index (χ4v) is 5.65. The van der Waals surface area contributed by atoms with Gasteiger partial charge in [0.1, 0.15) is 5.75 Å². The molecule has 0 N–H and O–H groups in total. The van der Waals surface area contributed by atoms with Crippen molar-refractivity contribution in [2.24, 2.45) is 0 Å². The average molecular weight is 288 g/mol. The number of ether oxygens (including phenoxy) is 1. The third-order valence-corrected chi connectivity index (χ3v) is 6.59. The number of carbonyl (C=O) groups excluding carboxylic acids is 1. The largest absolute Gasteiger partial charge is 0.426 e. The Balaban J connectivity index is 2.08. The van der Waals surface area contributed by atoms with Gasteiger partial charge in [0.25, 0.3) is 0 Å². The quantitative estimate of drug-likeness (QED) is 0.506. The maximum atomic E-state index is 11.2. The van der Waals surface area contributed by atoms with Crippen LogP contribution in [0.1, 0.15) is 26.2 Å². The minimum atomic E-state index is -0.258. The van der Waals surface area contributed by atoms with Gasteiger partial charge in [0.2, 0.25) is 0 Å². The first kappa shape index (κ1) is 13.5. The summed E-state index contributed by atoms with van der Waals surface area (Å²) in [7, 11) is -0.0398. The molecule has 3 rings (SSSR count). The van der Waals surface area contributed by atoms with Crippen LogP contribution in [-0.4, -0.2) is 17.5 Å². The molecule has 0 saturated carbocycles. The van der Waals surface area contributed by atoms with Crippen LogP contribution in [0.2, 0.25) is 0 Å². The lowest BCUT2D eigenvalue weighted by Gasteiger charge is -2.27. The lowest BCUT2D eigenvalue weighted by molar-refractivity contribution is -0.131. The maximum Gasteiger partial charge on any atom is 0.308 e. The molecule has 20 heavy (non-hydrogen) atoms. The lowest BCUT2D eigenvalue weighted by Crippen LogP contribution is -2.05. The van der Waals surface area contributed by atoms with Crippen LogP contribution >= 0.6 is 10.9 Å². The van der Waals surface area contributed by atoms with Crippen LogP contribution < -0.4 is 4.74 Å². The Labute approximate surface area is 122 Å². The molecule has 0 atom stereocenters. The van der Waals surface area contributed by atoms with Crippen molar-refractivity contribution in [3.05, 3.63) is 36.4 Å². The van der Waals surface area contributed by atoms with Gasteiger partial charge in [0.15, 0.2) is 0 Å². The van der Waals surface area contributed by atoms with E-state index in [1.807, 2.05) is 12.1 Å². The molecule has 0 amide bonds. The van der Waals surface area contributed by atoms with Crippen molar-refractivity contribution in [2.45, 2.75) is 31.1 Å². The molecule has 0 bridgehead atoms. The zero-order valence-electron chi connectivity index (χ0n) is 11.8. The van der Waals surface area contributed by atoms with E-state index >= 15 is 0 Å². The van der Waals surface area contributed by atoms with Crippen LogP contribution in [-0.2, 0) is 4.79 Å². The van der Waals surface area contributed by atoms with Crippen LogP contribution in [0.15, 0.2) is 41.3 Å². The molecule has 1 fully saturated rings. The number of thiol groups is 1. The summed E-state index contributed by atoms with van der Waals surface area (Å²) < 4.78 is 5.34. The van der Waals surface area contributed by atoms with Gasteiger partial charge in [-0.25, -0.2) is 10.9 Å². The third kappa shape index (κ3) is 2.68. The summed E-state index contributed by atoms with van der Waals surface area (Å²) in [5, 5.41) is 2.33. The highest BCUT2D eigenvalue weighted by atomic mass is 32.2. The first-order valence-corrected chi connectivity index (χ1v) is 8.92. The fraction of sp³-hybridized carbons (Fsp3) is 0.353. The zero-order chi connectivity index (χ0) is 13.9. The molecule has 0 aromatic heterocycles. The van der Waals surface area contributed by atoms with E-state index in [1.54, 1.807) is 0 Å². The summed E-state index contributed by atoms with van der Waals surface area (Å²) in [6.07, 6.45) is 4.08. The van der Waals surface area contributed by atoms with Gasteiger partial charge < -0.3 is 4.74 Å². The molecule has 0 unspecified atom stereocenters. The summed E-state index contributed by atoms with van der Waals surface area (Å²) in [5.41, 5.74) is 0. The summed E-state index contributed by atoms with van der Waals surface area (Å²) in [5.74, 6) is 3.11. The number of esters is 1. The van der Waals surface area contributed by atoms with Gasteiger partial charge in [-0.05, 0) is 46.8 Å². The molecule has 1 aliphatic heterocycles. The Hall–Kier alpha value is -1.48. The highest BCUT2D eigenvalue weighted by Gasteiger charge is 2.16. The maximum absolute atomic E-state index is 11.2. The number of rotatable bonds is 2. The van der Waals surface area contributed by atoms with Crippen molar-refractivity contribution < 1.29 is 9.53 Å². The van der Waals surface area contributed by atoms with Gasteiger partial charge in [-0.15, -0.1) is 0 Å². The average Bonchev–Trinajstić information content (AvgIpc) is 2.48. The van der Waals surface area contributed by atoms with Crippen LogP contribution in [0, 0.1) is 0 Å². The van der Waals surface area contributed by atoms with Crippen molar-refractivity contribution in [1.82, 2.24) is 0 Å². The van der Waals surface area contributed by atoms with E-state index < -0.39 is 0 Å². The van der Waals surface area contributed by atoms with Crippen molar-refractivity contribution in [1.29, 1.82) is 0 Å². The number of hydrogen-bond donors (Lipinski definition) is 1. The van der Waals surface area contributed by atoms with E-state index in [0.29, 0.717) is 5.75 Å². The Bertz CT molecular complexity index is 630. The zero-order valence-corrected chi connectivity index (χ0v) is 12.7. The molecular weight excluding hydrogens is 268 g/mol. The predicted molar refractivity (Wildman–Crippen MR) is 86.1 cm³/mol. The standard InChI is InChI=1S/C17H20O2S/c1-13(18)19-16-9-10-17(20-11-5-2-6-12-20)15-8-4-3-7-14(15)16/h3-4,7-10,20H,2,5-6,11-12H2,1H3. The van der Waals surface area contributed by atoms with Crippen molar-refractivity contribution in [2.75, 3.05) is 11.5 Å². The normalized spacial score (nSPS) is 17.1. The van der Waals surface area contributed by atoms with Crippen LogP contribution in [0.4, 0.5) is 0 Å². The van der Waals surface area contributed by atoms with Crippen molar-refractivity contribution >= 4 is 27.6 Å². The first-order valence-electron chi connectivity index (χ1n) is 7.21. The fourth-order valence-electron chi connectivity index (χ4n) is 2.91. The third-order valence-electron chi connectivity index (χ3n) is 3.81. The molecule has 2 aromatic carbocycles. The van der Waals surface area contributed by atoms with Gasteiger partial charge in [-0.1, -0.05) is 30.7 Å². The summed E-state index contributed by atoms with van der Waals surface area (Å²) in [6, 6.07) is 12.4. The van der Waals surface area contributed by atoms with E-state index in [4.69, 9.17) is 4.74 Å². The summed E-state index contributed by atoms with van der Waals surface area (Å²) in [4.78, 5) is 12.7. The first-order chi connectivity index (χ1) is 9.75. The molecule has 0 radical (unpaired) electrons. The molecule has 1 heterocycles. The van der Waals surface area contributed by atoms with Gasteiger partial charge in [-0.2, -0.15) is 0 Å². The molecule has 3 heteroatoms. The van der Waals surface area contributed by atoms with Crippen LogP contribution in [0.25, 0.3) is 10.8 Å². The number of benzene rings is 2. The second kappa shape index (κ2) is 5.88. The van der Waals surface area contributed by atoms with Gasteiger partial charge in [-0.3, -0.25) is 4.79 Å². The van der Waals surface area contributed by atoms with Gasteiger partial charge in [0, 0.05) is 12.3 Å². The van der Waals surface area contributed by atoms with E-state index in [1.165, 1.54) is 48.0 Å². The molecule has 2 nitrogen and oxygen atoms in total. The highest BCUT2D eigenvalue weighted by Crippen LogP contribution is 2.46. The SMILES string of the molecule is CC(=O)Oc1ccc([SH]2CCCCC2)c2ccccc12. The Morgan fingerprint density at radius 2 is 1.70 bits per heavy atom. The lowest BCUT2D eigenvalue weighted by atomic mass is 10.1. The molecule has 0 spiro atoms. The van der Waals surface area contributed by atoms with E-state index in [0.717, 1.165) is 5.39 Å². The van der Waals surface area contributed by atoms with Crippen LogP contribution in [0.3, 0.4) is 0 Å². The van der Waals surface area contributed by atoms with Gasteiger partial charge >= 0.3 is 5.97 Å². The summed E-state index contributed by atoms with van der Waals surface area (Å²) in [6.45, 7) is 1.45. The second-order valence-corrected chi connectivity index (χ2v) is 7.73. The Morgan fingerprint density at radius 1 is 1.00 bits per heavy atom. The monoisotopic (exact) mass is 288 g/mol. The topological polar surface area (TPSA) is 26.3 Å². The van der Waals surface area contributed by atoms with Crippen molar-refractivity contribution in [3.63, 3.8) is 0 Å². The summed E-state index contributed by atoms with van der Waals surface area (Å²) >= 11 is 0. The molecule has 106 valence electrons. The van der Waals surface area contributed by atoms with Crippen molar-refractivity contribution in [3.8, 4) is 5.75 Å². The van der Waals surface area contributed by atoms with E-state index in [-0.39, 0.29) is 16.9 Å². The molecule has 0 aliphatic carbocycles.